The van der Waals surface area contributed by atoms with Gasteiger partial charge in [-0.3, -0.25) is 0 Å². The molecule has 0 spiro atoms. The third-order valence-corrected chi connectivity index (χ3v) is 10.8. The Kier molecular flexibility index (Phi) is 6.82. The molecule has 0 aromatic heterocycles. The molecule has 10 rings (SSSR count). The van der Waals surface area contributed by atoms with Gasteiger partial charge in [0.25, 0.3) is 0 Å². The first-order valence-electron chi connectivity index (χ1n) is 17.8. The Bertz CT molecular complexity index is 2940. The lowest BCUT2D eigenvalue weighted by Gasteiger charge is -2.14. The molecular formula is C51H34. The van der Waals surface area contributed by atoms with Crippen molar-refractivity contribution in [2.24, 2.45) is 0 Å². The van der Waals surface area contributed by atoms with E-state index in [1.165, 1.54) is 104 Å². The zero-order valence-corrected chi connectivity index (χ0v) is 28.4. The largest absolute Gasteiger partial charge is 0.0616 e. The van der Waals surface area contributed by atoms with Crippen LogP contribution < -0.4 is 0 Å². The van der Waals surface area contributed by atoms with Gasteiger partial charge in [-0.1, -0.05) is 158 Å². The Balaban J connectivity index is 1.06. The monoisotopic (exact) mass is 646 g/mol. The molecule has 0 amide bonds. The number of benzene rings is 10. The summed E-state index contributed by atoms with van der Waals surface area (Å²) in [5.74, 6) is 0. The van der Waals surface area contributed by atoms with E-state index in [1.54, 1.807) is 0 Å². The van der Waals surface area contributed by atoms with Crippen molar-refractivity contribution in [2.75, 3.05) is 0 Å². The fourth-order valence-corrected chi connectivity index (χ4v) is 8.23. The Labute approximate surface area is 297 Å². The summed E-state index contributed by atoms with van der Waals surface area (Å²) in [6, 6.07) is 69.4. The summed E-state index contributed by atoms with van der Waals surface area (Å²) in [7, 11) is 0. The van der Waals surface area contributed by atoms with E-state index in [0.29, 0.717) is 0 Å². The Morgan fingerprint density at radius 2 is 0.667 bits per heavy atom. The van der Waals surface area contributed by atoms with Crippen LogP contribution in [0.3, 0.4) is 0 Å². The number of aryl methyl sites for hydroxylation is 1. The zero-order chi connectivity index (χ0) is 33.9. The molecule has 0 saturated heterocycles. The van der Waals surface area contributed by atoms with Gasteiger partial charge in [0, 0.05) is 0 Å². The fourth-order valence-electron chi connectivity index (χ4n) is 8.23. The smallest absolute Gasteiger partial charge is 0.00928 e. The number of hydrogen-bond acceptors (Lipinski definition) is 0. The number of hydrogen-bond donors (Lipinski definition) is 0. The Hall–Kier alpha value is -6.50. The number of fused-ring (bicyclic) bond motifs is 9. The van der Waals surface area contributed by atoms with Gasteiger partial charge in [-0.2, -0.15) is 0 Å². The van der Waals surface area contributed by atoms with Gasteiger partial charge in [0.2, 0.25) is 0 Å². The van der Waals surface area contributed by atoms with E-state index in [0.717, 1.165) is 0 Å². The molecule has 0 aliphatic carbocycles. The molecule has 0 atom stereocenters. The Morgan fingerprint density at radius 3 is 1.33 bits per heavy atom. The standard InChI is InChI=1S/C51H34/c1-33-24-25-36(30-49(33)38-15-11-16-39(29-38)50-32-40-12-2-3-17-41(40)42-18-4-8-22-46(42)50)34-13-10-14-35(28-34)37-26-27-48-45-21-6-5-19-43(45)44-20-7-9-23-47(44)51(48)31-37/h2-32H,1H3. The van der Waals surface area contributed by atoms with Gasteiger partial charge in [-0.15, -0.1) is 0 Å². The molecule has 0 fully saturated rings. The molecular weight excluding hydrogens is 613 g/mol. The van der Waals surface area contributed by atoms with Crippen LogP contribution in [0.2, 0.25) is 0 Å². The first-order valence-corrected chi connectivity index (χ1v) is 17.8. The van der Waals surface area contributed by atoms with E-state index in [1.807, 2.05) is 0 Å². The Morgan fingerprint density at radius 1 is 0.235 bits per heavy atom. The second-order valence-electron chi connectivity index (χ2n) is 13.7. The van der Waals surface area contributed by atoms with Gasteiger partial charge in [0.1, 0.15) is 0 Å². The van der Waals surface area contributed by atoms with Crippen molar-refractivity contribution in [1.29, 1.82) is 0 Å². The molecule has 0 aliphatic rings. The highest BCUT2D eigenvalue weighted by Gasteiger charge is 2.13. The van der Waals surface area contributed by atoms with Gasteiger partial charge < -0.3 is 0 Å². The topological polar surface area (TPSA) is 0 Å². The minimum Gasteiger partial charge on any atom is -0.0616 e. The third kappa shape index (κ3) is 4.91. The number of rotatable bonds is 4. The summed E-state index contributed by atoms with van der Waals surface area (Å²) in [5.41, 5.74) is 11.1. The van der Waals surface area contributed by atoms with E-state index in [2.05, 4.69) is 195 Å². The minimum atomic E-state index is 1.22. The lowest BCUT2D eigenvalue weighted by molar-refractivity contribution is 1.45. The molecule has 0 unspecified atom stereocenters. The molecule has 0 N–H and O–H groups in total. The summed E-state index contributed by atoms with van der Waals surface area (Å²) in [5, 5.41) is 12.9. The van der Waals surface area contributed by atoms with Gasteiger partial charge in [-0.25, -0.2) is 0 Å². The van der Waals surface area contributed by atoms with Crippen molar-refractivity contribution in [2.45, 2.75) is 6.92 Å². The molecule has 0 aliphatic heterocycles. The van der Waals surface area contributed by atoms with Crippen molar-refractivity contribution >= 4 is 53.9 Å². The summed E-state index contributed by atoms with van der Waals surface area (Å²) in [6.45, 7) is 2.22. The predicted molar refractivity (Wildman–Crippen MR) is 220 cm³/mol. The molecule has 10 aromatic rings. The molecule has 0 heterocycles. The van der Waals surface area contributed by atoms with Crippen molar-refractivity contribution in [3.63, 3.8) is 0 Å². The lowest BCUT2D eigenvalue weighted by atomic mass is 9.89. The van der Waals surface area contributed by atoms with Crippen LogP contribution in [0.25, 0.3) is 98.4 Å². The SMILES string of the molecule is Cc1ccc(-c2cccc(-c3ccc4c5ccccc5c5ccccc5c4c3)c2)cc1-c1cccc(-c2cc3ccccc3c3ccccc23)c1. The van der Waals surface area contributed by atoms with Crippen LogP contribution in [0.5, 0.6) is 0 Å². The van der Waals surface area contributed by atoms with Crippen LogP contribution in [0.15, 0.2) is 188 Å². The summed E-state index contributed by atoms with van der Waals surface area (Å²) >= 11 is 0. The fraction of sp³-hybridized carbons (Fsp3) is 0.0196. The van der Waals surface area contributed by atoms with E-state index in [9.17, 15) is 0 Å². The maximum absolute atomic E-state index is 2.38. The maximum atomic E-state index is 2.38. The molecule has 0 heteroatoms. The predicted octanol–water partition coefficient (Wildman–Crippen LogP) is 14.4. The molecule has 10 aromatic carbocycles. The first kappa shape index (κ1) is 29.4. The van der Waals surface area contributed by atoms with Crippen molar-refractivity contribution in [3.8, 4) is 44.5 Å². The van der Waals surface area contributed by atoms with Crippen LogP contribution in [-0.2, 0) is 0 Å². The van der Waals surface area contributed by atoms with Gasteiger partial charge in [-0.05, 0) is 141 Å². The highest BCUT2D eigenvalue weighted by molar-refractivity contribution is 6.25. The second-order valence-corrected chi connectivity index (χ2v) is 13.7. The van der Waals surface area contributed by atoms with Gasteiger partial charge in [0.05, 0.1) is 0 Å². The molecule has 0 saturated carbocycles. The quantitative estimate of drug-likeness (QED) is 0.167. The van der Waals surface area contributed by atoms with Gasteiger partial charge in [0.15, 0.2) is 0 Å². The third-order valence-electron chi connectivity index (χ3n) is 10.8. The van der Waals surface area contributed by atoms with Gasteiger partial charge >= 0.3 is 0 Å². The highest BCUT2D eigenvalue weighted by Crippen LogP contribution is 2.40. The summed E-state index contributed by atoms with van der Waals surface area (Å²) in [4.78, 5) is 0. The summed E-state index contributed by atoms with van der Waals surface area (Å²) in [6.07, 6.45) is 0. The molecule has 0 nitrogen and oxygen atoms in total. The molecule has 0 radical (unpaired) electrons. The first-order chi connectivity index (χ1) is 25.2. The van der Waals surface area contributed by atoms with Crippen LogP contribution in [0.4, 0.5) is 0 Å². The average Bonchev–Trinajstić information content (AvgIpc) is 3.21. The molecule has 0 bridgehead atoms. The van der Waals surface area contributed by atoms with E-state index >= 15 is 0 Å². The van der Waals surface area contributed by atoms with Crippen LogP contribution in [0, 0.1) is 6.92 Å². The van der Waals surface area contributed by atoms with Crippen molar-refractivity contribution in [3.05, 3.63) is 194 Å². The minimum absolute atomic E-state index is 1.22. The molecule has 51 heavy (non-hydrogen) atoms. The average molecular weight is 647 g/mol. The van der Waals surface area contributed by atoms with E-state index in [4.69, 9.17) is 0 Å². The lowest BCUT2D eigenvalue weighted by Crippen LogP contribution is -1.89. The van der Waals surface area contributed by atoms with Crippen molar-refractivity contribution in [1.82, 2.24) is 0 Å². The van der Waals surface area contributed by atoms with Crippen LogP contribution in [0.1, 0.15) is 5.56 Å². The van der Waals surface area contributed by atoms with E-state index < -0.39 is 0 Å². The maximum Gasteiger partial charge on any atom is -0.00928 e. The van der Waals surface area contributed by atoms with Crippen molar-refractivity contribution < 1.29 is 0 Å². The highest BCUT2D eigenvalue weighted by atomic mass is 14.2. The normalized spacial score (nSPS) is 11.6. The molecule has 238 valence electrons. The van der Waals surface area contributed by atoms with E-state index in [-0.39, 0.29) is 0 Å². The zero-order valence-electron chi connectivity index (χ0n) is 28.4. The van der Waals surface area contributed by atoms with Crippen LogP contribution in [-0.4, -0.2) is 0 Å². The summed E-state index contributed by atoms with van der Waals surface area (Å²) < 4.78 is 0. The van der Waals surface area contributed by atoms with Crippen LogP contribution >= 0.6 is 0 Å². The second kappa shape index (κ2) is 11.8.